The van der Waals surface area contributed by atoms with Gasteiger partial charge < -0.3 is 20.3 Å². The Balaban J connectivity index is 1.53. The SMILES string of the molecule is O=C1NCCNC(=O)C2(CC=CCOc3ccccc31)CCCN(C(=O)c1ccccn1)C2. The highest BCUT2D eigenvalue weighted by Gasteiger charge is 2.42. The highest BCUT2D eigenvalue weighted by Crippen LogP contribution is 2.35. The maximum absolute atomic E-state index is 13.3. The van der Waals surface area contributed by atoms with Crippen molar-refractivity contribution in [2.24, 2.45) is 5.41 Å². The van der Waals surface area contributed by atoms with Crippen LogP contribution in [0, 0.1) is 5.41 Å². The predicted octanol–water partition coefficient (Wildman–Crippen LogP) is 2.19. The molecule has 2 N–H and O–H groups in total. The van der Waals surface area contributed by atoms with Crippen molar-refractivity contribution < 1.29 is 19.1 Å². The number of carbonyl (C=O) groups excluding carboxylic acids is 3. The van der Waals surface area contributed by atoms with E-state index in [0.29, 0.717) is 56.0 Å². The zero-order valence-electron chi connectivity index (χ0n) is 18.5. The number of pyridine rings is 1. The molecule has 4 rings (SSSR count). The van der Waals surface area contributed by atoms with Crippen LogP contribution < -0.4 is 15.4 Å². The summed E-state index contributed by atoms with van der Waals surface area (Å²) >= 11 is 0. The van der Waals surface area contributed by atoms with Gasteiger partial charge in [0.25, 0.3) is 11.8 Å². The number of amides is 3. The largest absolute Gasteiger partial charge is 0.489 e. The van der Waals surface area contributed by atoms with Crippen molar-refractivity contribution in [1.82, 2.24) is 20.5 Å². The van der Waals surface area contributed by atoms with Gasteiger partial charge in [0, 0.05) is 32.4 Å². The second-order valence-electron chi connectivity index (χ2n) is 8.32. The normalized spacial score (nSPS) is 21.9. The van der Waals surface area contributed by atoms with Gasteiger partial charge in [0.1, 0.15) is 18.1 Å². The predicted molar refractivity (Wildman–Crippen MR) is 123 cm³/mol. The topological polar surface area (TPSA) is 101 Å². The summed E-state index contributed by atoms with van der Waals surface area (Å²) in [6, 6.07) is 12.3. The standard InChI is InChI=1S/C25H28N4O4/c30-22-19-8-1-2-10-21(19)33-17-6-4-11-25(24(32)28-15-14-27-22)12-7-16-29(18-25)23(31)20-9-3-5-13-26-20/h1-6,8-10,13H,7,11-12,14-18H2,(H,27,30)(H,28,32). The summed E-state index contributed by atoms with van der Waals surface area (Å²) in [6.45, 7) is 1.77. The number of ether oxygens (including phenoxy) is 1. The van der Waals surface area contributed by atoms with Crippen molar-refractivity contribution in [3.8, 4) is 5.75 Å². The van der Waals surface area contributed by atoms with Crippen molar-refractivity contribution in [3.05, 3.63) is 72.1 Å². The van der Waals surface area contributed by atoms with Crippen molar-refractivity contribution in [2.75, 3.05) is 32.8 Å². The Morgan fingerprint density at radius 3 is 2.70 bits per heavy atom. The summed E-state index contributed by atoms with van der Waals surface area (Å²) in [7, 11) is 0. The molecule has 1 aromatic carbocycles. The van der Waals surface area contributed by atoms with E-state index in [1.165, 1.54) is 0 Å². The molecule has 2 aromatic rings. The summed E-state index contributed by atoms with van der Waals surface area (Å²) in [4.78, 5) is 44.7. The Morgan fingerprint density at radius 2 is 1.85 bits per heavy atom. The van der Waals surface area contributed by atoms with Crippen molar-refractivity contribution in [1.29, 1.82) is 0 Å². The highest BCUT2D eigenvalue weighted by atomic mass is 16.5. The molecular formula is C25H28N4O4. The highest BCUT2D eigenvalue weighted by molar-refractivity contribution is 5.97. The molecule has 1 atom stereocenters. The Bertz CT molecular complexity index is 1040. The van der Waals surface area contributed by atoms with Crippen molar-refractivity contribution in [3.63, 3.8) is 0 Å². The van der Waals surface area contributed by atoms with Crippen molar-refractivity contribution in [2.45, 2.75) is 19.3 Å². The van der Waals surface area contributed by atoms with Crippen LogP contribution in [0.4, 0.5) is 0 Å². The Labute approximate surface area is 193 Å². The number of piperidine rings is 1. The van der Waals surface area contributed by atoms with Gasteiger partial charge in [-0.3, -0.25) is 19.4 Å². The Hall–Kier alpha value is -3.68. The lowest BCUT2D eigenvalue weighted by molar-refractivity contribution is -0.133. The van der Waals surface area contributed by atoms with Crippen LogP contribution in [0.25, 0.3) is 0 Å². The molecule has 0 aliphatic carbocycles. The summed E-state index contributed by atoms with van der Waals surface area (Å²) in [5.74, 6) is -0.0166. The van der Waals surface area contributed by atoms with E-state index >= 15 is 0 Å². The number of hydrogen-bond donors (Lipinski definition) is 2. The van der Waals surface area contributed by atoms with Crippen LogP contribution in [0.15, 0.2) is 60.8 Å². The van der Waals surface area contributed by atoms with Crippen LogP contribution in [-0.4, -0.2) is 60.4 Å². The molecule has 0 radical (unpaired) electrons. The average Bonchev–Trinajstić information content (AvgIpc) is 2.86. The number of hydrogen-bond acceptors (Lipinski definition) is 5. The quantitative estimate of drug-likeness (QED) is 0.652. The number of carbonyl (C=O) groups is 3. The third-order valence-electron chi connectivity index (χ3n) is 6.07. The van der Waals surface area contributed by atoms with Gasteiger partial charge in [0.2, 0.25) is 5.91 Å². The van der Waals surface area contributed by atoms with E-state index < -0.39 is 5.41 Å². The first kappa shape index (κ1) is 22.5. The zero-order valence-corrected chi connectivity index (χ0v) is 18.5. The van der Waals surface area contributed by atoms with Crippen LogP contribution in [0.2, 0.25) is 0 Å². The second kappa shape index (κ2) is 10.3. The number of para-hydroxylation sites is 1. The molecule has 1 saturated heterocycles. The summed E-state index contributed by atoms with van der Waals surface area (Å²) < 4.78 is 5.80. The maximum Gasteiger partial charge on any atom is 0.272 e. The first-order valence-electron chi connectivity index (χ1n) is 11.2. The molecule has 1 unspecified atom stereocenters. The third-order valence-corrected chi connectivity index (χ3v) is 6.07. The molecule has 0 bridgehead atoms. The molecule has 1 aromatic heterocycles. The molecule has 33 heavy (non-hydrogen) atoms. The van der Waals surface area contributed by atoms with Gasteiger partial charge in [-0.1, -0.05) is 30.4 Å². The lowest BCUT2D eigenvalue weighted by atomic mass is 9.76. The van der Waals surface area contributed by atoms with Gasteiger partial charge in [-0.2, -0.15) is 0 Å². The summed E-state index contributed by atoms with van der Waals surface area (Å²) in [6.07, 6.45) is 7.27. The van der Waals surface area contributed by atoms with E-state index in [0.717, 1.165) is 6.42 Å². The van der Waals surface area contributed by atoms with Crippen LogP contribution >= 0.6 is 0 Å². The van der Waals surface area contributed by atoms with Crippen LogP contribution in [0.5, 0.6) is 5.75 Å². The molecule has 8 nitrogen and oxygen atoms in total. The number of allylic oxidation sites excluding steroid dienone is 1. The molecule has 172 valence electrons. The lowest BCUT2D eigenvalue weighted by Crippen LogP contribution is -2.54. The van der Waals surface area contributed by atoms with E-state index in [-0.39, 0.29) is 24.3 Å². The monoisotopic (exact) mass is 448 g/mol. The van der Waals surface area contributed by atoms with E-state index in [1.807, 2.05) is 18.2 Å². The molecule has 0 saturated carbocycles. The first-order chi connectivity index (χ1) is 16.1. The molecule has 2 aliphatic rings. The van der Waals surface area contributed by atoms with Crippen molar-refractivity contribution >= 4 is 17.7 Å². The smallest absolute Gasteiger partial charge is 0.272 e. The lowest BCUT2D eigenvalue weighted by Gasteiger charge is -2.41. The number of likely N-dealkylation sites (tertiary alicyclic amines) is 1. The van der Waals surface area contributed by atoms with Gasteiger partial charge in [-0.25, -0.2) is 0 Å². The van der Waals surface area contributed by atoms with Crippen LogP contribution in [0.1, 0.15) is 40.1 Å². The third kappa shape index (κ3) is 5.22. The van der Waals surface area contributed by atoms with E-state index in [4.69, 9.17) is 4.74 Å². The number of nitrogens with one attached hydrogen (secondary N) is 2. The molecule has 3 amide bonds. The number of benzene rings is 1. The van der Waals surface area contributed by atoms with Gasteiger partial charge in [-0.05, 0) is 43.5 Å². The minimum absolute atomic E-state index is 0.113. The van der Waals surface area contributed by atoms with Crippen LogP contribution in [-0.2, 0) is 4.79 Å². The maximum atomic E-state index is 13.3. The van der Waals surface area contributed by atoms with E-state index in [1.54, 1.807) is 47.5 Å². The van der Waals surface area contributed by atoms with E-state index in [2.05, 4.69) is 15.6 Å². The minimum atomic E-state index is -0.745. The number of rotatable bonds is 1. The summed E-state index contributed by atoms with van der Waals surface area (Å²) in [5, 5.41) is 5.80. The Kier molecular flexibility index (Phi) is 7.02. The molecule has 8 heteroatoms. The number of aromatic nitrogens is 1. The van der Waals surface area contributed by atoms with Gasteiger partial charge >= 0.3 is 0 Å². The molecular weight excluding hydrogens is 420 g/mol. The van der Waals surface area contributed by atoms with Gasteiger partial charge in [0.15, 0.2) is 0 Å². The van der Waals surface area contributed by atoms with Gasteiger partial charge in [0.05, 0.1) is 11.0 Å². The fourth-order valence-electron chi connectivity index (χ4n) is 4.33. The molecule has 1 spiro atoms. The zero-order chi connectivity index (χ0) is 23.1. The molecule has 1 fully saturated rings. The second-order valence-corrected chi connectivity index (χ2v) is 8.32. The first-order valence-corrected chi connectivity index (χ1v) is 11.2. The van der Waals surface area contributed by atoms with Gasteiger partial charge in [-0.15, -0.1) is 0 Å². The minimum Gasteiger partial charge on any atom is -0.489 e. The van der Waals surface area contributed by atoms with Crippen LogP contribution in [0.3, 0.4) is 0 Å². The summed E-state index contributed by atoms with van der Waals surface area (Å²) in [5.41, 5.74) is 0.0912. The fraction of sp³-hybridized carbons (Fsp3) is 0.360. The number of nitrogens with zero attached hydrogens (tertiary/aromatic N) is 2. The Morgan fingerprint density at radius 1 is 1.03 bits per heavy atom. The molecule has 3 heterocycles. The number of fused-ring (bicyclic) bond motifs is 1. The molecule has 2 aliphatic heterocycles. The average molecular weight is 449 g/mol. The fourth-order valence-corrected chi connectivity index (χ4v) is 4.33. The van der Waals surface area contributed by atoms with E-state index in [9.17, 15) is 14.4 Å².